The quantitative estimate of drug-likeness (QED) is 0.815. The molecule has 0 radical (unpaired) electrons. The van der Waals surface area contributed by atoms with Crippen LogP contribution in [0.25, 0.3) is 0 Å². The highest BCUT2D eigenvalue weighted by Gasteiger charge is 2.24. The van der Waals surface area contributed by atoms with Gasteiger partial charge in [-0.2, -0.15) is 0 Å². The van der Waals surface area contributed by atoms with E-state index in [0.717, 1.165) is 12.8 Å². The maximum atomic E-state index is 5.51. The smallest absolute Gasteiger partial charge is 0.282 e. The van der Waals surface area contributed by atoms with E-state index in [0.29, 0.717) is 6.02 Å². The molecule has 2 rings (SSSR count). The molecule has 2 N–H and O–H groups in total. The highest BCUT2D eigenvalue weighted by Crippen LogP contribution is 2.17. The second kappa shape index (κ2) is 4.34. The molecular formula is C12H16N2O. The lowest BCUT2D eigenvalue weighted by molar-refractivity contribution is 0.205. The summed E-state index contributed by atoms with van der Waals surface area (Å²) in [5.41, 5.74) is 6.85. The van der Waals surface area contributed by atoms with E-state index in [1.165, 1.54) is 5.56 Å². The molecule has 3 nitrogen and oxygen atoms in total. The van der Waals surface area contributed by atoms with E-state index in [2.05, 4.69) is 29.3 Å². The molecule has 15 heavy (non-hydrogen) atoms. The number of nitrogens with zero attached hydrogens (tertiary/aromatic N) is 1. The number of amidine groups is 1. The minimum atomic E-state index is 0.119. The molecule has 0 fully saturated rings. The van der Waals surface area contributed by atoms with Gasteiger partial charge < -0.3 is 10.5 Å². The first kappa shape index (κ1) is 10.0. The summed E-state index contributed by atoms with van der Waals surface area (Å²) in [6.45, 7) is 2.01. The van der Waals surface area contributed by atoms with Crippen molar-refractivity contribution < 1.29 is 4.74 Å². The monoisotopic (exact) mass is 204 g/mol. The number of ether oxygens (including phenoxy) is 1. The summed E-state index contributed by atoms with van der Waals surface area (Å²) in [6, 6.07) is 11.0. The molecule has 0 aromatic heterocycles. The average Bonchev–Trinajstić information content (AvgIpc) is 2.56. The van der Waals surface area contributed by atoms with Gasteiger partial charge in [0.05, 0.1) is 6.04 Å². The number of hydrogen-bond acceptors (Lipinski definition) is 3. The lowest BCUT2D eigenvalue weighted by Gasteiger charge is -2.11. The molecule has 1 aliphatic heterocycles. The molecule has 1 aromatic carbocycles. The van der Waals surface area contributed by atoms with Gasteiger partial charge in [0, 0.05) is 0 Å². The molecule has 1 aromatic rings. The first-order chi connectivity index (χ1) is 7.25. The van der Waals surface area contributed by atoms with Crippen LogP contribution in [-0.2, 0) is 11.2 Å². The number of hydrogen-bond donors (Lipinski definition) is 1. The lowest BCUT2D eigenvalue weighted by Crippen LogP contribution is -2.20. The SMILES string of the molecule is C[C@@H]1OC(N)=N[C@@H]1CCc1ccccc1. The van der Waals surface area contributed by atoms with Crippen molar-refractivity contribution in [1.29, 1.82) is 0 Å². The Morgan fingerprint density at radius 2 is 2.07 bits per heavy atom. The predicted molar refractivity (Wildman–Crippen MR) is 60.7 cm³/mol. The first-order valence-corrected chi connectivity index (χ1v) is 5.29. The molecule has 0 spiro atoms. The molecule has 1 aliphatic rings. The van der Waals surface area contributed by atoms with E-state index in [-0.39, 0.29) is 12.1 Å². The summed E-state index contributed by atoms with van der Waals surface area (Å²) in [5.74, 6) is 0. The van der Waals surface area contributed by atoms with Crippen LogP contribution in [0.3, 0.4) is 0 Å². The van der Waals surface area contributed by atoms with Crippen molar-refractivity contribution in [3.63, 3.8) is 0 Å². The standard InChI is InChI=1S/C12H16N2O/c1-9-11(14-12(13)15-9)8-7-10-5-3-2-4-6-10/h2-6,9,11H,7-8H2,1H3,(H2,13,14)/t9-,11+/m0/s1. The van der Waals surface area contributed by atoms with Crippen molar-refractivity contribution in [3.05, 3.63) is 35.9 Å². The normalized spacial score (nSPS) is 24.7. The van der Waals surface area contributed by atoms with Gasteiger partial charge in [0.25, 0.3) is 6.02 Å². The molecule has 0 saturated heterocycles. The summed E-state index contributed by atoms with van der Waals surface area (Å²) >= 11 is 0. The van der Waals surface area contributed by atoms with Crippen LogP contribution in [0.15, 0.2) is 35.3 Å². The van der Waals surface area contributed by atoms with Crippen molar-refractivity contribution in [3.8, 4) is 0 Å². The van der Waals surface area contributed by atoms with Crippen LogP contribution >= 0.6 is 0 Å². The molecule has 0 amide bonds. The Morgan fingerprint density at radius 1 is 1.33 bits per heavy atom. The summed E-state index contributed by atoms with van der Waals surface area (Å²) < 4.78 is 5.29. The Kier molecular flexibility index (Phi) is 2.90. The Bertz CT molecular complexity index is 348. The largest absolute Gasteiger partial charge is 0.460 e. The second-order valence-corrected chi connectivity index (χ2v) is 3.88. The van der Waals surface area contributed by atoms with E-state index in [9.17, 15) is 0 Å². The van der Waals surface area contributed by atoms with Crippen LogP contribution in [0.2, 0.25) is 0 Å². The topological polar surface area (TPSA) is 47.6 Å². The third-order valence-electron chi connectivity index (χ3n) is 2.71. The van der Waals surface area contributed by atoms with E-state index in [1.54, 1.807) is 0 Å². The molecular weight excluding hydrogens is 188 g/mol. The number of aryl methyl sites for hydroxylation is 1. The minimum absolute atomic E-state index is 0.119. The third kappa shape index (κ3) is 2.49. The molecule has 1 heterocycles. The third-order valence-corrected chi connectivity index (χ3v) is 2.71. The number of benzene rings is 1. The molecule has 3 heteroatoms. The van der Waals surface area contributed by atoms with Gasteiger partial charge in [0.1, 0.15) is 6.10 Å². The molecule has 80 valence electrons. The maximum Gasteiger partial charge on any atom is 0.282 e. The summed E-state index contributed by atoms with van der Waals surface area (Å²) in [5, 5.41) is 0. The van der Waals surface area contributed by atoms with Crippen LogP contribution in [0.1, 0.15) is 18.9 Å². The van der Waals surface area contributed by atoms with Crippen molar-refractivity contribution in [2.75, 3.05) is 0 Å². The second-order valence-electron chi connectivity index (χ2n) is 3.88. The molecule has 0 unspecified atom stereocenters. The van der Waals surface area contributed by atoms with E-state index >= 15 is 0 Å². The van der Waals surface area contributed by atoms with Gasteiger partial charge in [-0.05, 0) is 25.3 Å². The summed E-state index contributed by atoms with van der Waals surface area (Å²) in [6.07, 6.45) is 2.13. The highest BCUT2D eigenvalue weighted by molar-refractivity contribution is 5.73. The van der Waals surface area contributed by atoms with E-state index in [1.807, 2.05) is 13.0 Å². The van der Waals surface area contributed by atoms with Crippen LogP contribution < -0.4 is 5.73 Å². The zero-order valence-corrected chi connectivity index (χ0v) is 8.89. The van der Waals surface area contributed by atoms with Crippen LogP contribution in [0, 0.1) is 0 Å². The van der Waals surface area contributed by atoms with Crippen molar-refractivity contribution in [2.45, 2.75) is 31.9 Å². The van der Waals surface area contributed by atoms with Crippen LogP contribution in [0.5, 0.6) is 0 Å². The van der Waals surface area contributed by atoms with Gasteiger partial charge in [0.2, 0.25) is 0 Å². The molecule has 0 aliphatic carbocycles. The van der Waals surface area contributed by atoms with E-state index in [4.69, 9.17) is 10.5 Å². The number of nitrogens with two attached hydrogens (primary N) is 1. The Hall–Kier alpha value is -1.51. The van der Waals surface area contributed by atoms with Crippen molar-refractivity contribution in [1.82, 2.24) is 0 Å². The Balaban J connectivity index is 1.89. The zero-order valence-electron chi connectivity index (χ0n) is 8.89. The summed E-state index contributed by atoms with van der Waals surface area (Å²) in [4.78, 5) is 4.26. The fourth-order valence-electron chi connectivity index (χ4n) is 1.83. The first-order valence-electron chi connectivity index (χ1n) is 5.29. The Labute approximate surface area is 90.0 Å². The molecule has 0 bridgehead atoms. The number of rotatable bonds is 3. The van der Waals surface area contributed by atoms with Gasteiger partial charge >= 0.3 is 0 Å². The van der Waals surface area contributed by atoms with Gasteiger partial charge in [-0.25, -0.2) is 4.99 Å². The lowest BCUT2D eigenvalue weighted by atomic mass is 10.0. The predicted octanol–water partition coefficient (Wildman–Crippen LogP) is 1.72. The maximum absolute atomic E-state index is 5.51. The Morgan fingerprint density at radius 3 is 2.67 bits per heavy atom. The van der Waals surface area contributed by atoms with Gasteiger partial charge in [-0.1, -0.05) is 30.3 Å². The number of aliphatic imine (C=N–C) groups is 1. The van der Waals surface area contributed by atoms with Gasteiger partial charge in [-0.15, -0.1) is 0 Å². The van der Waals surface area contributed by atoms with Gasteiger partial charge in [-0.3, -0.25) is 0 Å². The van der Waals surface area contributed by atoms with Crippen molar-refractivity contribution in [2.24, 2.45) is 10.7 Å². The fraction of sp³-hybridized carbons (Fsp3) is 0.417. The van der Waals surface area contributed by atoms with E-state index < -0.39 is 0 Å². The minimum Gasteiger partial charge on any atom is -0.460 e. The van der Waals surface area contributed by atoms with Gasteiger partial charge in [0.15, 0.2) is 0 Å². The molecule has 2 atom stereocenters. The van der Waals surface area contributed by atoms with Crippen LogP contribution in [-0.4, -0.2) is 18.2 Å². The van der Waals surface area contributed by atoms with Crippen LogP contribution in [0.4, 0.5) is 0 Å². The van der Waals surface area contributed by atoms with Crippen molar-refractivity contribution >= 4 is 6.02 Å². The average molecular weight is 204 g/mol. The fourth-order valence-corrected chi connectivity index (χ4v) is 1.83. The zero-order chi connectivity index (χ0) is 10.7. The highest BCUT2D eigenvalue weighted by atomic mass is 16.5. The molecule has 0 saturated carbocycles. The summed E-state index contributed by atoms with van der Waals surface area (Å²) in [7, 11) is 0.